The van der Waals surface area contributed by atoms with E-state index >= 15 is 0 Å². The Balaban J connectivity index is 2.92. The van der Waals surface area contributed by atoms with Crippen molar-refractivity contribution in [1.29, 1.82) is 0 Å². The minimum absolute atomic E-state index is 0.0178. The smallest absolute Gasteiger partial charge is 0.241 e. The van der Waals surface area contributed by atoms with Crippen LogP contribution >= 0.6 is 0 Å². The minimum Gasteiger partial charge on any atom is -0.409 e. The highest BCUT2D eigenvalue weighted by Gasteiger charge is 2.20. The van der Waals surface area contributed by atoms with Gasteiger partial charge >= 0.3 is 0 Å². The average Bonchev–Trinajstić information content (AvgIpc) is 2.26. The van der Waals surface area contributed by atoms with E-state index in [0.29, 0.717) is 5.56 Å². The molecular formula is C12H19N3O3S. The van der Waals surface area contributed by atoms with Crippen LogP contribution in [-0.4, -0.2) is 25.5 Å². The van der Waals surface area contributed by atoms with Crippen molar-refractivity contribution in [3.63, 3.8) is 0 Å². The van der Waals surface area contributed by atoms with Crippen LogP contribution in [0.4, 0.5) is 0 Å². The zero-order valence-electron chi connectivity index (χ0n) is 11.2. The molecule has 0 amide bonds. The molecule has 0 spiro atoms. The summed E-state index contributed by atoms with van der Waals surface area (Å²) in [5, 5.41) is 11.3. The molecule has 4 N–H and O–H groups in total. The summed E-state index contributed by atoms with van der Waals surface area (Å²) >= 11 is 0. The van der Waals surface area contributed by atoms with E-state index in [1.54, 1.807) is 26.0 Å². The van der Waals surface area contributed by atoms with Crippen molar-refractivity contribution in [2.24, 2.45) is 10.9 Å². The highest BCUT2D eigenvalue weighted by atomic mass is 32.2. The van der Waals surface area contributed by atoms with Gasteiger partial charge in [-0.3, -0.25) is 0 Å². The van der Waals surface area contributed by atoms with E-state index in [-0.39, 0.29) is 17.2 Å². The van der Waals surface area contributed by atoms with E-state index in [4.69, 9.17) is 10.9 Å². The van der Waals surface area contributed by atoms with E-state index in [1.807, 2.05) is 13.0 Å². The van der Waals surface area contributed by atoms with Gasteiger partial charge in [-0.2, -0.15) is 0 Å². The van der Waals surface area contributed by atoms with E-state index in [0.717, 1.165) is 5.56 Å². The first kappa shape index (κ1) is 15.5. The maximum absolute atomic E-state index is 12.2. The van der Waals surface area contributed by atoms with E-state index < -0.39 is 16.1 Å². The van der Waals surface area contributed by atoms with Crippen molar-refractivity contribution >= 4 is 15.9 Å². The molecule has 7 heteroatoms. The molecule has 0 aliphatic heterocycles. The Bertz CT molecular complexity index is 582. The number of hydrogen-bond donors (Lipinski definition) is 3. The quantitative estimate of drug-likeness (QED) is 0.326. The first-order chi connectivity index (χ1) is 8.76. The van der Waals surface area contributed by atoms with Crippen LogP contribution in [0.15, 0.2) is 28.3 Å². The van der Waals surface area contributed by atoms with Crippen LogP contribution in [0, 0.1) is 13.8 Å². The summed E-state index contributed by atoms with van der Waals surface area (Å²) in [6, 6.07) is 4.67. The van der Waals surface area contributed by atoms with Gasteiger partial charge in [-0.25, -0.2) is 13.1 Å². The SMILES string of the molecule is Cc1ccc(S(=O)(=O)NC(C)CC(N)=NO)c(C)c1. The number of benzene rings is 1. The van der Waals surface area contributed by atoms with Gasteiger partial charge in [0, 0.05) is 12.5 Å². The lowest BCUT2D eigenvalue weighted by molar-refractivity contribution is 0.316. The Morgan fingerprint density at radius 1 is 1.47 bits per heavy atom. The molecule has 0 fully saturated rings. The van der Waals surface area contributed by atoms with E-state index in [9.17, 15) is 8.42 Å². The zero-order valence-corrected chi connectivity index (χ0v) is 12.0. The lowest BCUT2D eigenvalue weighted by Gasteiger charge is -2.15. The fourth-order valence-electron chi connectivity index (χ4n) is 1.83. The van der Waals surface area contributed by atoms with Crippen LogP contribution in [-0.2, 0) is 10.0 Å². The standard InChI is InChI=1S/C12H19N3O3S/c1-8-4-5-11(9(2)6-8)19(17,18)15-10(3)7-12(13)14-16/h4-6,10,15-16H,7H2,1-3H3,(H2,13,14). The summed E-state index contributed by atoms with van der Waals surface area (Å²) in [4.78, 5) is 0.240. The van der Waals surface area contributed by atoms with Crippen LogP contribution in [0.1, 0.15) is 24.5 Å². The number of nitrogens with one attached hydrogen (secondary N) is 1. The van der Waals surface area contributed by atoms with Gasteiger partial charge in [-0.05, 0) is 32.4 Å². The highest BCUT2D eigenvalue weighted by Crippen LogP contribution is 2.16. The van der Waals surface area contributed by atoms with Gasteiger partial charge in [0.1, 0.15) is 5.84 Å². The van der Waals surface area contributed by atoms with Crippen LogP contribution < -0.4 is 10.5 Å². The summed E-state index contributed by atoms with van der Waals surface area (Å²) in [5.41, 5.74) is 7.03. The van der Waals surface area contributed by atoms with Crippen molar-refractivity contribution in [3.8, 4) is 0 Å². The Labute approximate surface area is 113 Å². The summed E-state index contributed by atoms with van der Waals surface area (Å²) in [7, 11) is -3.60. The summed E-state index contributed by atoms with van der Waals surface area (Å²) in [5.74, 6) is -0.0178. The number of nitrogens with two attached hydrogens (primary N) is 1. The lowest BCUT2D eigenvalue weighted by atomic mass is 10.2. The number of hydrogen-bond acceptors (Lipinski definition) is 4. The number of rotatable bonds is 5. The van der Waals surface area contributed by atoms with Gasteiger partial charge in [0.15, 0.2) is 0 Å². The predicted octanol–water partition coefficient (Wildman–Crippen LogP) is 1.11. The lowest BCUT2D eigenvalue weighted by Crippen LogP contribution is -2.36. The number of nitrogens with zero attached hydrogens (tertiary/aromatic N) is 1. The predicted molar refractivity (Wildman–Crippen MR) is 73.7 cm³/mol. The van der Waals surface area contributed by atoms with E-state index in [1.165, 1.54) is 0 Å². The second-order valence-corrected chi connectivity index (χ2v) is 6.27. The van der Waals surface area contributed by atoms with Crippen molar-refractivity contribution < 1.29 is 13.6 Å². The van der Waals surface area contributed by atoms with Gasteiger partial charge in [0.05, 0.1) is 4.90 Å². The highest BCUT2D eigenvalue weighted by molar-refractivity contribution is 7.89. The Hall–Kier alpha value is -1.60. The molecule has 1 unspecified atom stereocenters. The van der Waals surface area contributed by atoms with Gasteiger partial charge in [0.2, 0.25) is 10.0 Å². The van der Waals surface area contributed by atoms with Gasteiger partial charge in [0.25, 0.3) is 0 Å². The third-order valence-electron chi connectivity index (χ3n) is 2.62. The maximum atomic E-state index is 12.2. The molecule has 19 heavy (non-hydrogen) atoms. The first-order valence-electron chi connectivity index (χ1n) is 5.82. The molecule has 1 rings (SSSR count). The van der Waals surface area contributed by atoms with Gasteiger partial charge in [-0.15, -0.1) is 0 Å². The molecule has 0 heterocycles. The Kier molecular flexibility index (Phi) is 4.90. The molecule has 0 saturated heterocycles. The maximum Gasteiger partial charge on any atom is 0.241 e. The fraction of sp³-hybridized carbons (Fsp3) is 0.417. The van der Waals surface area contributed by atoms with Crippen LogP contribution in [0.25, 0.3) is 0 Å². The normalized spacial score (nSPS) is 14.4. The molecule has 0 aliphatic carbocycles. The summed E-state index contributed by atoms with van der Waals surface area (Å²) < 4.78 is 26.9. The van der Waals surface area contributed by atoms with Crippen LogP contribution in [0.3, 0.4) is 0 Å². The van der Waals surface area contributed by atoms with Gasteiger partial charge in [-0.1, -0.05) is 22.9 Å². The number of amidine groups is 1. The molecule has 1 aromatic rings. The second kappa shape index (κ2) is 6.03. The third-order valence-corrected chi connectivity index (χ3v) is 4.37. The van der Waals surface area contributed by atoms with Crippen molar-refractivity contribution in [1.82, 2.24) is 4.72 Å². The molecule has 0 bridgehead atoms. The van der Waals surface area contributed by atoms with Gasteiger partial charge < -0.3 is 10.9 Å². The molecule has 0 aliphatic rings. The van der Waals surface area contributed by atoms with Crippen LogP contribution in [0.5, 0.6) is 0 Å². The monoisotopic (exact) mass is 285 g/mol. The molecule has 0 saturated carbocycles. The second-order valence-electron chi connectivity index (χ2n) is 4.59. The van der Waals surface area contributed by atoms with Crippen molar-refractivity contribution in [2.75, 3.05) is 0 Å². The van der Waals surface area contributed by atoms with Crippen LogP contribution in [0.2, 0.25) is 0 Å². The molecule has 1 atom stereocenters. The Morgan fingerprint density at radius 2 is 2.11 bits per heavy atom. The third kappa shape index (κ3) is 4.22. The largest absolute Gasteiger partial charge is 0.409 e. The number of aryl methyl sites for hydroxylation is 2. The molecule has 0 radical (unpaired) electrons. The topological polar surface area (TPSA) is 105 Å². The van der Waals surface area contributed by atoms with E-state index in [2.05, 4.69) is 9.88 Å². The van der Waals surface area contributed by atoms with Crippen molar-refractivity contribution in [2.45, 2.75) is 38.1 Å². The molecule has 106 valence electrons. The number of sulfonamides is 1. The zero-order chi connectivity index (χ0) is 14.6. The molecule has 0 aromatic heterocycles. The average molecular weight is 285 g/mol. The summed E-state index contributed by atoms with van der Waals surface area (Å²) in [6.45, 7) is 5.30. The Morgan fingerprint density at radius 3 is 2.63 bits per heavy atom. The minimum atomic E-state index is -3.60. The molecular weight excluding hydrogens is 266 g/mol. The molecule has 6 nitrogen and oxygen atoms in total. The number of oxime groups is 1. The molecule has 1 aromatic carbocycles. The summed E-state index contributed by atoms with van der Waals surface area (Å²) in [6.07, 6.45) is 0.140. The first-order valence-corrected chi connectivity index (χ1v) is 7.30. The van der Waals surface area contributed by atoms with Crippen molar-refractivity contribution in [3.05, 3.63) is 29.3 Å². The fourth-order valence-corrected chi connectivity index (χ4v) is 3.30.